The lowest BCUT2D eigenvalue weighted by Gasteiger charge is -2.08. The molecule has 0 bridgehead atoms. The third kappa shape index (κ3) is 4.97. The third-order valence-electron chi connectivity index (χ3n) is 2.79. The normalized spacial score (nSPS) is 10.2. The lowest BCUT2D eigenvalue weighted by Crippen LogP contribution is -2.21. The molecule has 1 heterocycles. The fraction of sp³-hybridized carbons (Fsp3) is 0.250. The van der Waals surface area contributed by atoms with Crippen LogP contribution < -0.4 is 10.1 Å². The maximum Gasteiger partial charge on any atom is 0.341 e. The van der Waals surface area contributed by atoms with E-state index in [1.807, 2.05) is 6.92 Å². The number of carbonyl (C=O) groups excluding carboxylic acids is 2. The molecule has 1 amide bonds. The van der Waals surface area contributed by atoms with Crippen molar-refractivity contribution >= 4 is 39.8 Å². The predicted molar refractivity (Wildman–Crippen MR) is 90.6 cm³/mol. The van der Waals surface area contributed by atoms with Crippen molar-refractivity contribution in [2.75, 3.05) is 18.5 Å². The molecule has 1 N–H and O–H groups in total. The Kier molecular flexibility index (Phi) is 6.01. The molecule has 2 rings (SSSR count). The van der Waals surface area contributed by atoms with Gasteiger partial charge in [0, 0.05) is 9.90 Å². The van der Waals surface area contributed by atoms with Crippen molar-refractivity contribution in [3.05, 3.63) is 45.8 Å². The molecule has 0 aliphatic rings. The number of rotatable bonds is 6. The molecule has 5 nitrogen and oxygen atoms in total. The molecule has 122 valence electrons. The number of carbonyl (C=O) groups is 2. The highest BCUT2D eigenvalue weighted by molar-refractivity contribution is 7.16. The molecular weight excluding hydrogens is 338 g/mol. The molecule has 0 saturated heterocycles. The standard InChI is InChI=1S/C16H16ClNO4S/c1-3-21-16(20)13-8-10(2)23-15(13)18-14(19)9-22-12-6-4-11(17)5-7-12/h4-8H,3,9H2,1-2H3,(H,18,19). The first-order chi connectivity index (χ1) is 11.0. The van der Waals surface area contributed by atoms with Gasteiger partial charge in [-0.1, -0.05) is 11.6 Å². The number of benzene rings is 1. The van der Waals surface area contributed by atoms with Crippen molar-refractivity contribution in [1.29, 1.82) is 0 Å². The van der Waals surface area contributed by atoms with Crippen LogP contribution in [0, 0.1) is 6.92 Å². The van der Waals surface area contributed by atoms with Gasteiger partial charge in [-0.3, -0.25) is 4.79 Å². The Morgan fingerprint density at radius 2 is 1.96 bits per heavy atom. The highest BCUT2D eigenvalue weighted by Gasteiger charge is 2.18. The first kappa shape index (κ1) is 17.3. The molecular formula is C16H16ClNO4S. The van der Waals surface area contributed by atoms with E-state index in [0.29, 0.717) is 21.3 Å². The second-order valence-electron chi connectivity index (χ2n) is 4.61. The van der Waals surface area contributed by atoms with Gasteiger partial charge in [-0.05, 0) is 44.2 Å². The zero-order valence-electron chi connectivity index (χ0n) is 12.7. The maximum absolute atomic E-state index is 12.0. The number of esters is 1. The number of halogens is 1. The number of nitrogens with one attached hydrogen (secondary N) is 1. The zero-order chi connectivity index (χ0) is 16.8. The molecule has 0 spiro atoms. The van der Waals surface area contributed by atoms with Gasteiger partial charge in [0.05, 0.1) is 12.2 Å². The summed E-state index contributed by atoms with van der Waals surface area (Å²) >= 11 is 7.09. The summed E-state index contributed by atoms with van der Waals surface area (Å²) < 4.78 is 10.3. The summed E-state index contributed by atoms with van der Waals surface area (Å²) in [4.78, 5) is 24.8. The van der Waals surface area contributed by atoms with E-state index in [2.05, 4.69) is 5.32 Å². The molecule has 0 atom stereocenters. The molecule has 0 fully saturated rings. The van der Waals surface area contributed by atoms with E-state index in [1.54, 1.807) is 37.3 Å². The van der Waals surface area contributed by atoms with Crippen LogP contribution >= 0.6 is 22.9 Å². The van der Waals surface area contributed by atoms with Crippen molar-refractivity contribution in [1.82, 2.24) is 0 Å². The molecule has 1 aromatic heterocycles. The molecule has 0 radical (unpaired) electrons. The van der Waals surface area contributed by atoms with E-state index in [-0.39, 0.29) is 19.1 Å². The van der Waals surface area contributed by atoms with Crippen LogP contribution in [0.1, 0.15) is 22.2 Å². The summed E-state index contributed by atoms with van der Waals surface area (Å²) in [6.07, 6.45) is 0. The quantitative estimate of drug-likeness (QED) is 0.800. The van der Waals surface area contributed by atoms with Crippen LogP contribution in [0.4, 0.5) is 5.00 Å². The Labute approximate surface area is 143 Å². The Bertz CT molecular complexity index is 697. The van der Waals surface area contributed by atoms with Gasteiger partial charge in [-0.15, -0.1) is 11.3 Å². The van der Waals surface area contributed by atoms with Crippen LogP contribution in [0.25, 0.3) is 0 Å². The lowest BCUT2D eigenvalue weighted by molar-refractivity contribution is -0.118. The number of amides is 1. The van der Waals surface area contributed by atoms with Gasteiger partial charge in [0.2, 0.25) is 0 Å². The van der Waals surface area contributed by atoms with Crippen molar-refractivity contribution in [2.24, 2.45) is 0 Å². The minimum Gasteiger partial charge on any atom is -0.484 e. The number of anilines is 1. The van der Waals surface area contributed by atoms with Crippen molar-refractivity contribution in [2.45, 2.75) is 13.8 Å². The Hall–Kier alpha value is -2.05. The molecule has 1 aromatic carbocycles. The number of aryl methyl sites for hydroxylation is 1. The average Bonchev–Trinajstić information content (AvgIpc) is 2.87. The van der Waals surface area contributed by atoms with E-state index in [4.69, 9.17) is 21.1 Å². The maximum atomic E-state index is 12.0. The van der Waals surface area contributed by atoms with Crippen molar-refractivity contribution in [3.8, 4) is 5.75 Å². The third-order valence-corrected chi connectivity index (χ3v) is 4.01. The predicted octanol–water partition coefficient (Wildman–Crippen LogP) is 3.90. The number of thiophene rings is 1. The van der Waals surface area contributed by atoms with E-state index in [0.717, 1.165) is 4.88 Å². The highest BCUT2D eigenvalue weighted by atomic mass is 35.5. The van der Waals surface area contributed by atoms with E-state index < -0.39 is 5.97 Å². The fourth-order valence-electron chi connectivity index (χ4n) is 1.81. The second kappa shape index (κ2) is 7.99. The number of hydrogen-bond donors (Lipinski definition) is 1. The minimum absolute atomic E-state index is 0.166. The molecule has 0 aliphatic carbocycles. The Morgan fingerprint density at radius 3 is 2.61 bits per heavy atom. The first-order valence-corrected chi connectivity index (χ1v) is 8.14. The summed E-state index contributed by atoms with van der Waals surface area (Å²) in [7, 11) is 0. The van der Waals surface area contributed by atoms with Gasteiger partial charge in [-0.25, -0.2) is 4.79 Å². The molecule has 7 heteroatoms. The average molecular weight is 354 g/mol. The van der Waals surface area contributed by atoms with Gasteiger partial charge in [0.25, 0.3) is 5.91 Å². The summed E-state index contributed by atoms with van der Waals surface area (Å²) in [6.45, 7) is 3.70. The highest BCUT2D eigenvalue weighted by Crippen LogP contribution is 2.28. The smallest absolute Gasteiger partial charge is 0.341 e. The van der Waals surface area contributed by atoms with Crippen LogP contribution in [-0.4, -0.2) is 25.1 Å². The largest absolute Gasteiger partial charge is 0.484 e. The molecule has 23 heavy (non-hydrogen) atoms. The topological polar surface area (TPSA) is 64.6 Å². The van der Waals surface area contributed by atoms with Crippen LogP contribution in [0.5, 0.6) is 5.75 Å². The fourth-order valence-corrected chi connectivity index (χ4v) is 2.85. The monoisotopic (exact) mass is 353 g/mol. The molecule has 0 saturated carbocycles. The van der Waals surface area contributed by atoms with E-state index in [1.165, 1.54) is 11.3 Å². The number of ether oxygens (including phenoxy) is 2. The van der Waals surface area contributed by atoms with Crippen LogP contribution in [-0.2, 0) is 9.53 Å². The van der Waals surface area contributed by atoms with Gasteiger partial charge >= 0.3 is 5.97 Å². The van der Waals surface area contributed by atoms with Crippen molar-refractivity contribution in [3.63, 3.8) is 0 Å². The van der Waals surface area contributed by atoms with E-state index >= 15 is 0 Å². The zero-order valence-corrected chi connectivity index (χ0v) is 14.3. The Balaban J connectivity index is 1.97. The molecule has 0 unspecified atom stereocenters. The van der Waals surface area contributed by atoms with Gasteiger partial charge < -0.3 is 14.8 Å². The van der Waals surface area contributed by atoms with E-state index in [9.17, 15) is 9.59 Å². The second-order valence-corrected chi connectivity index (χ2v) is 6.30. The van der Waals surface area contributed by atoms with Gasteiger partial charge in [0.1, 0.15) is 10.8 Å². The van der Waals surface area contributed by atoms with Gasteiger partial charge in [-0.2, -0.15) is 0 Å². The molecule has 2 aromatic rings. The summed E-state index contributed by atoms with van der Waals surface area (Å²) in [5.74, 6) is -0.268. The molecule has 0 aliphatic heterocycles. The summed E-state index contributed by atoms with van der Waals surface area (Å²) in [5.41, 5.74) is 0.356. The first-order valence-electron chi connectivity index (χ1n) is 6.95. The van der Waals surface area contributed by atoms with Crippen molar-refractivity contribution < 1.29 is 19.1 Å². The van der Waals surface area contributed by atoms with Crippen LogP contribution in [0.2, 0.25) is 5.02 Å². The SMILES string of the molecule is CCOC(=O)c1cc(C)sc1NC(=O)COc1ccc(Cl)cc1. The summed E-state index contributed by atoms with van der Waals surface area (Å²) in [6, 6.07) is 8.40. The Morgan fingerprint density at radius 1 is 1.26 bits per heavy atom. The minimum atomic E-state index is -0.453. The number of hydrogen-bond acceptors (Lipinski definition) is 5. The van der Waals surface area contributed by atoms with Gasteiger partial charge in [0.15, 0.2) is 6.61 Å². The van der Waals surface area contributed by atoms with Crippen LogP contribution in [0.15, 0.2) is 30.3 Å². The summed E-state index contributed by atoms with van der Waals surface area (Å²) in [5, 5.41) is 3.74. The van der Waals surface area contributed by atoms with Crippen LogP contribution in [0.3, 0.4) is 0 Å². The lowest BCUT2D eigenvalue weighted by atomic mass is 10.3.